The predicted octanol–water partition coefficient (Wildman–Crippen LogP) is 2.33. The molecular formula is C13H20N2O2. The van der Waals surface area contributed by atoms with E-state index in [9.17, 15) is 4.79 Å². The summed E-state index contributed by atoms with van der Waals surface area (Å²) in [5.74, 6) is -0.0465. The molecule has 0 unspecified atom stereocenters. The predicted molar refractivity (Wildman–Crippen MR) is 69.9 cm³/mol. The highest BCUT2D eigenvalue weighted by Crippen LogP contribution is 2.18. The number of amides is 1. The van der Waals surface area contributed by atoms with Crippen LogP contribution in [-0.2, 0) is 9.53 Å². The number of aryl methyl sites for hydroxylation is 1. The lowest BCUT2D eigenvalue weighted by atomic mass is 10.2. The standard InChI is InChI=1S/C13H20N2O2/c1-3-7-17-8-6-13(16)15-12-9-11(14)5-4-10(12)2/h4-5,9H,3,6-8,14H2,1-2H3,(H,15,16). The molecule has 4 nitrogen and oxygen atoms in total. The number of rotatable bonds is 6. The molecule has 3 N–H and O–H groups in total. The third-order valence-corrected chi connectivity index (χ3v) is 2.36. The zero-order valence-corrected chi connectivity index (χ0v) is 10.5. The Balaban J connectivity index is 2.42. The zero-order valence-electron chi connectivity index (χ0n) is 10.5. The number of carbonyl (C=O) groups is 1. The monoisotopic (exact) mass is 236 g/mol. The molecule has 0 aliphatic rings. The van der Waals surface area contributed by atoms with Crippen molar-refractivity contribution in [3.63, 3.8) is 0 Å². The first-order valence-electron chi connectivity index (χ1n) is 5.87. The normalized spacial score (nSPS) is 10.2. The molecule has 0 aromatic heterocycles. The average Bonchev–Trinajstić information content (AvgIpc) is 2.29. The minimum atomic E-state index is -0.0465. The van der Waals surface area contributed by atoms with E-state index in [0.29, 0.717) is 25.3 Å². The second kappa shape index (κ2) is 6.91. The van der Waals surface area contributed by atoms with Gasteiger partial charge in [0.2, 0.25) is 5.91 Å². The van der Waals surface area contributed by atoms with Crippen molar-refractivity contribution in [1.29, 1.82) is 0 Å². The number of nitrogens with one attached hydrogen (secondary N) is 1. The minimum absolute atomic E-state index is 0.0465. The molecule has 0 heterocycles. The van der Waals surface area contributed by atoms with Crippen LogP contribution in [0.4, 0.5) is 11.4 Å². The van der Waals surface area contributed by atoms with Crippen LogP contribution in [0.25, 0.3) is 0 Å². The number of nitrogen functional groups attached to an aromatic ring is 1. The van der Waals surface area contributed by atoms with Gasteiger partial charge in [-0.25, -0.2) is 0 Å². The van der Waals surface area contributed by atoms with Crippen LogP contribution in [0.2, 0.25) is 0 Å². The second-order valence-corrected chi connectivity index (χ2v) is 3.98. The summed E-state index contributed by atoms with van der Waals surface area (Å²) in [7, 11) is 0. The molecular weight excluding hydrogens is 216 g/mol. The fourth-order valence-corrected chi connectivity index (χ4v) is 1.40. The Labute approximate surface area is 102 Å². The first-order valence-corrected chi connectivity index (χ1v) is 5.87. The van der Waals surface area contributed by atoms with E-state index in [1.807, 2.05) is 26.0 Å². The summed E-state index contributed by atoms with van der Waals surface area (Å²) in [6.45, 7) is 5.13. The number of carbonyl (C=O) groups excluding carboxylic acids is 1. The molecule has 17 heavy (non-hydrogen) atoms. The molecule has 94 valence electrons. The number of hydrogen-bond donors (Lipinski definition) is 2. The Bertz CT molecular complexity index is 378. The van der Waals surface area contributed by atoms with Crippen LogP contribution in [0, 0.1) is 6.92 Å². The van der Waals surface area contributed by atoms with Gasteiger partial charge in [0.1, 0.15) is 0 Å². The van der Waals surface area contributed by atoms with Gasteiger partial charge in [0.25, 0.3) is 0 Å². The molecule has 0 bridgehead atoms. The second-order valence-electron chi connectivity index (χ2n) is 3.98. The first-order chi connectivity index (χ1) is 8.13. The minimum Gasteiger partial charge on any atom is -0.399 e. The molecule has 0 aliphatic carbocycles. The number of ether oxygens (including phenoxy) is 1. The summed E-state index contributed by atoms with van der Waals surface area (Å²) < 4.78 is 5.26. The van der Waals surface area contributed by atoms with E-state index >= 15 is 0 Å². The zero-order chi connectivity index (χ0) is 12.7. The van der Waals surface area contributed by atoms with Gasteiger partial charge in [0.15, 0.2) is 0 Å². The van der Waals surface area contributed by atoms with E-state index < -0.39 is 0 Å². The summed E-state index contributed by atoms with van der Waals surface area (Å²) in [4.78, 5) is 11.6. The van der Waals surface area contributed by atoms with Crippen molar-refractivity contribution in [2.75, 3.05) is 24.3 Å². The third-order valence-electron chi connectivity index (χ3n) is 2.36. The van der Waals surface area contributed by atoms with Crippen LogP contribution in [0.5, 0.6) is 0 Å². The van der Waals surface area contributed by atoms with Gasteiger partial charge >= 0.3 is 0 Å². The van der Waals surface area contributed by atoms with Crippen molar-refractivity contribution in [2.45, 2.75) is 26.7 Å². The maximum Gasteiger partial charge on any atom is 0.226 e. The summed E-state index contributed by atoms with van der Waals surface area (Å²) in [6, 6.07) is 5.47. The SMILES string of the molecule is CCCOCCC(=O)Nc1cc(N)ccc1C. The Morgan fingerprint density at radius 1 is 1.41 bits per heavy atom. The molecule has 0 radical (unpaired) electrons. The quantitative estimate of drug-likeness (QED) is 0.588. The Kier molecular flexibility index (Phi) is 5.49. The number of anilines is 2. The van der Waals surface area contributed by atoms with E-state index in [4.69, 9.17) is 10.5 Å². The molecule has 0 fully saturated rings. The smallest absolute Gasteiger partial charge is 0.226 e. The molecule has 1 aromatic carbocycles. The lowest BCUT2D eigenvalue weighted by molar-refractivity contribution is -0.117. The van der Waals surface area contributed by atoms with Gasteiger partial charge in [-0.05, 0) is 31.0 Å². The molecule has 0 saturated carbocycles. The molecule has 0 aliphatic heterocycles. The maximum atomic E-state index is 11.6. The molecule has 1 aromatic rings. The number of benzene rings is 1. The van der Waals surface area contributed by atoms with Crippen LogP contribution in [0.3, 0.4) is 0 Å². The van der Waals surface area contributed by atoms with Crippen LogP contribution in [0.15, 0.2) is 18.2 Å². The topological polar surface area (TPSA) is 64.3 Å². The molecule has 1 rings (SSSR count). The van der Waals surface area contributed by atoms with Crippen molar-refractivity contribution >= 4 is 17.3 Å². The highest BCUT2D eigenvalue weighted by atomic mass is 16.5. The summed E-state index contributed by atoms with van der Waals surface area (Å²) in [6.07, 6.45) is 1.34. The average molecular weight is 236 g/mol. The molecule has 4 heteroatoms. The van der Waals surface area contributed by atoms with Crippen LogP contribution < -0.4 is 11.1 Å². The highest BCUT2D eigenvalue weighted by molar-refractivity contribution is 5.92. The van der Waals surface area contributed by atoms with Crippen LogP contribution in [-0.4, -0.2) is 19.1 Å². The maximum absolute atomic E-state index is 11.6. The first kappa shape index (κ1) is 13.5. The van der Waals surface area contributed by atoms with E-state index in [1.54, 1.807) is 6.07 Å². The third kappa shape index (κ3) is 4.87. The largest absolute Gasteiger partial charge is 0.399 e. The Morgan fingerprint density at radius 2 is 2.18 bits per heavy atom. The van der Waals surface area contributed by atoms with Crippen LogP contribution in [0.1, 0.15) is 25.3 Å². The molecule has 0 spiro atoms. The van der Waals surface area contributed by atoms with E-state index in [1.165, 1.54) is 0 Å². The van der Waals surface area contributed by atoms with E-state index in [-0.39, 0.29) is 5.91 Å². The van der Waals surface area contributed by atoms with Gasteiger partial charge < -0.3 is 15.8 Å². The fourth-order valence-electron chi connectivity index (χ4n) is 1.40. The van der Waals surface area contributed by atoms with Gasteiger partial charge in [-0.3, -0.25) is 4.79 Å². The van der Waals surface area contributed by atoms with Gasteiger partial charge in [-0.2, -0.15) is 0 Å². The van der Waals surface area contributed by atoms with Gasteiger partial charge in [-0.1, -0.05) is 13.0 Å². The molecule has 1 amide bonds. The van der Waals surface area contributed by atoms with Crippen LogP contribution >= 0.6 is 0 Å². The Morgan fingerprint density at radius 3 is 2.88 bits per heavy atom. The van der Waals surface area contributed by atoms with Crippen molar-refractivity contribution in [3.05, 3.63) is 23.8 Å². The number of nitrogens with two attached hydrogens (primary N) is 1. The van der Waals surface area contributed by atoms with Crippen molar-refractivity contribution in [2.24, 2.45) is 0 Å². The lowest BCUT2D eigenvalue weighted by Crippen LogP contribution is -2.15. The summed E-state index contributed by atoms with van der Waals surface area (Å²) in [5.41, 5.74) is 8.08. The molecule has 0 atom stereocenters. The Hall–Kier alpha value is -1.55. The van der Waals surface area contributed by atoms with Gasteiger partial charge in [0, 0.05) is 18.0 Å². The van der Waals surface area contributed by atoms with E-state index in [0.717, 1.165) is 17.7 Å². The lowest BCUT2D eigenvalue weighted by Gasteiger charge is -2.09. The molecule has 0 saturated heterocycles. The van der Waals surface area contributed by atoms with Gasteiger partial charge in [0.05, 0.1) is 13.0 Å². The fraction of sp³-hybridized carbons (Fsp3) is 0.462. The summed E-state index contributed by atoms with van der Waals surface area (Å²) >= 11 is 0. The van der Waals surface area contributed by atoms with E-state index in [2.05, 4.69) is 5.32 Å². The van der Waals surface area contributed by atoms with Crippen molar-refractivity contribution in [3.8, 4) is 0 Å². The number of hydrogen-bond acceptors (Lipinski definition) is 3. The van der Waals surface area contributed by atoms with Crippen molar-refractivity contribution < 1.29 is 9.53 Å². The highest BCUT2D eigenvalue weighted by Gasteiger charge is 2.04. The van der Waals surface area contributed by atoms with Crippen molar-refractivity contribution in [1.82, 2.24) is 0 Å². The van der Waals surface area contributed by atoms with Gasteiger partial charge in [-0.15, -0.1) is 0 Å². The summed E-state index contributed by atoms with van der Waals surface area (Å²) in [5, 5.41) is 2.83.